The fraction of sp³-hybridized carbons (Fsp3) is 0.136. The number of methoxy groups -OCH3 is 1. The van der Waals surface area contributed by atoms with Crippen LogP contribution in [0.4, 0.5) is 5.69 Å². The maximum Gasteiger partial charge on any atom is 0.238 e. The molecule has 4 rings (SSSR count). The van der Waals surface area contributed by atoms with Gasteiger partial charge in [0.05, 0.1) is 12.9 Å². The normalized spacial score (nSPS) is 16.3. The second-order valence-corrected chi connectivity index (χ2v) is 7.76. The highest BCUT2D eigenvalue weighted by molar-refractivity contribution is 8.00. The summed E-state index contributed by atoms with van der Waals surface area (Å²) in [5, 5.41) is 0.610. The van der Waals surface area contributed by atoms with E-state index in [-0.39, 0.29) is 11.3 Å². The van der Waals surface area contributed by atoms with E-state index in [4.69, 9.17) is 21.1 Å². The summed E-state index contributed by atoms with van der Waals surface area (Å²) < 4.78 is 11.1. The van der Waals surface area contributed by atoms with Gasteiger partial charge in [-0.3, -0.25) is 9.69 Å². The monoisotopic (exact) mass is 411 g/mol. The standard InChI is InChI=1S/C22H18ClNO3S/c1-26-18-8-2-15(3-9-18)22-24(21(25)14-28-22)17-6-12-20(13-7-17)27-19-10-4-16(23)5-11-19/h2-13,22H,14H2,1H3/t22-/m1/s1. The van der Waals surface area contributed by atoms with Crippen LogP contribution in [0.25, 0.3) is 0 Å². The lowest BCUT2D eigenvalue weighted by Crippen LogP contribution is -2.27. The van der Waals surface area contributed by atoms with Crippen LogP contribution in [0, 0.1) is 0 Å². The zero-order valence-electron chi connectivity index (χ0n) is 15.2. The third-order valence-electron chi connectivity index (χ3n) is 4.43. The molecule has 0 N–H and O–H groups in total. The van der Waals surface area contributed by atoms with Gasteiger partial charge in [0.25, 0.3) is 0 Å². The number of benzene rings is 3. The number of nitrogens with zero attached hydrogens (tertiary/aromatic N) is 1. The Bertz CT molecular complexity index is 959. The molecule has 1 aliphatic rings. The molecule has 1 atom stereocenters. The van der Waals surface area contributed by atoms with Crippen molar-refractivity contribution < 1.29 is 14.3 Å². The molecule has 0 spiro atoms. The van der Waals surface area contributed by atoms with Crippen LogP contribution >= 0.6 is 23.4 Å². The number of hydrogen-bond acceptors (Lipinski definition) is 4. The Morgan fingerprint density at radius 2 is 1.46 bits per heavy atom. The summed E-state index contributed by atoms with van der Waals surface area (Å²) >= 11 is 7.52. The molecule has 0 bridgehead atoms. The molecule has 1 amide bonds. The van der Waals surface area contributed by atoms with E-state index >= 15 is 0 Å². The minimum absolute atomic E-state index is 0.0542. The highest BCUT2D eigenvalue weighted by atomic mass is 35.5. The second kappa shape index (κ2) is 8.17. The van der Waals surface area contributed by atoms with E-state index in [2.05, 4.69) is 0 Å². The zero-order chi connectivity index (χ0) is 19.5. The summed E-state index contributed by atoms with van der Waals surface area (Å²) in [6.07, 6.45) is 0. The number of amides is 1. The second-order valence-electron chi connectivity index (χ2n) is 6.25. The lowest BCUT2D eigenvalue weighted by molar-refractivity contribution is -0.115. The number of thioether (sulfide) groups is 1. The van der Waals surface area contributed by atoms with Gasteiger partial charge in [0, 0.05) is 10.7 Å². The van der Waals surface area contributed by atoms with E-state index in [1.54, 1.807) is 31.0 Å². The van der Waals surface area contributed by atoms with Crippen LogP contribution in [0.3, 0.4) is 0 Å². The van der Waals surface area contributed by atoms with Crippen molar-refractivity contribution in [3.8, 4) is 17.2 Å². The topological polar surface area (TPSA) is 38.8 Å². The Kier molecular flexibility index (Phi) is 5.46. The molecule has 0 saturated carbocycles. The van der Waals surface area contributed by atoms with Crippen LogP contribution in [0.15, 0.2) is 72.8 Å². The van der Waals surface area contributed by atoms with Crippen LogP contribution in [-0.2, 0) is 4.79 Å². The smallest absolute Gasteiger partial charge is 0.238 e. The van der Waals surface area contributed by atoms with Crippen LogP contribution in [0.5, 0.6) is 17.2 Å². The van der Waals surface area contributed by atoms with Crippen molar-refractivity contribution in [3.63, 3.8) is 0 Å². The summed E-state index contributed by atoms with van der Waals surface area (Å²) in [7, 11) is 1.64. The number of rotatable bonds is 5. The van der Waals surface area contributed by atoms with Gasteiger partial charge in [0.2, 0.25) is 5.91 Å². The first-order valence-electron chi connectivity index (χ1n) is 8.75. The molecule has 28 heavy (non-hydrogen) atoms. The van der Waals surface area contributed by atoms with Gasteiger partial charge >= 0.3 is 0 Å². The molecule has 1 fully saturated rings. The van der Waals surface area contributed by atoms with E-state index in [9.17, 15) is 4.79 Å². The third kappa shape index (κ3) is 3.96. The fourth-order valence-corrected chi connectivity index (χ4v) is 4.34. The average molecular weight is 412 g/mol. The number of carbonyl (C=O) groups is 1. The molecule has 3 aromatic carbocycles. The Morgan fingerprint density at radius 3 is 2.07 bits per heavy atom. The zero-order valence-corrected chi connectivity index (χ0v) is 16.7. The van der Waals surface area contributed by atoms with Gasteiger partial charge < -0.3 is 9.47 Å². The van der Waals surface area contributed by atoms with E-state index in [0.717, 1.165) is 17.0 Å². The van der Waals surface area contributed by atoms with E-state index in [1.165, 1.54) is 0 Å². The van der Waals surface area contributed by atoms with Gasteiger partial charge in [0.1, 0.15) is 22.6 Å². The van der Waals surface area contributed by atoms with Gasteiger partial charge in [-0.05, 0) is 66.2 Å². The van der Waals surface area contributed by atoms with Gasteiger partial charge in [0.15, 0.2) is 0 Å². The quantitative estimate of drug-likeness (QED) is 0.522. The molecule has 0 aliphatic carbocycles. The molecule has 0 aromatic heterocycles. The summed E-state index contributed by atoms with van der Waals surface area (Å²) in [5.41, 5.74) is 1.91. The fourth-order valence-electron chi connectivity index (χ4n) is 3.03. The Hall–Kier alpha value is -2.63. The van der Waals surface area contributed by atoms with E-state index < -0.39 is 0 Å². The molecule has 1 saturated heterocycles. The van der Waals surface area contributed by atoms with Crippen molar-refractivity contribution in [2.45, 2.75) is 5.37 Å². The van der Waals surface area contributed by atoms with Crippen LogP contribution in [0.2, 0.25) is 5.02 Å². The first kappa shape index (κ1) is 18.7. The molecule has 4 nitrogen and oxygen atoms in total. The van der Waals surface area contributed by atoms with Crippen molar-refractivity contribution in [3.05, 3.63) is 83.4 Å². The summed E-state index contributed by atoms with van der Waals surface area (Å²) in [6, 6.07) is 22.6. The minimum Gasteiger partial charge on any atom is -0.497 e. The Morgan fingerprint density at radius 1 is 0.893 bits per heavy atom. The molecule has 0 unspecified atom stereocenters. The molecule has 142 valence electrons. The molecule has 0 radical (unpaired) electrons. The number of carbonyl (C=O) groups excluding carboxylic acids is 1. The van der Waals surface area contributed by atoms with Crippen molar-refractivity contribution in [2.24, 2.45) is 0 Å². The number of ether oxygens (including phenoxy) is 2. The highest BCUT2D eigenvalue weighted by Crippen LogP contribution is 2.42. The summed E-state index contributed by atoms with van der Waals surface area (Å²) in [6.45, 7) is 0. The van der Waals surface area contributed by atoms with E-state index in [1.807, 2.05) is 65.6 Å². The third-order valence-corrected chi connectivity index (χ3v) is 5.90. The molecule has 6 heteroatoms. The lowest BCUT2D eigenvalue weighted by atomic mass is 10.1. The van der Waals surface area contributed by atoms with E-state index in [0.29, 0.717) is 22.3 Å². The Balaban J connectivity index is 1.54. The lowest BCUT2D eigenvalue weighted by Gasteiger charge is -2.24. The predicted octanol–water partition coefficient (Wildman–Crippen LogP) is 5.92. The highest BCUT2D eigenvalue weighted by Gasteiger charge is 2.34. The van der Waals surface area contributed by atoms with Gasteiger partial charge in [-0.15, -0.1) is 11.8 Å². The van der Waals surface area contributed by atoms with Gasteiger partial charge in [-0.1, -0.05) is 23.7 Å². The molecule has 1 aliphatic heterocycles. The number of halogens is 1. The minimum atomic E-state index is -0.0542. The van der Waals surface area contributed by atoms with Crippen LogP contribution in [-0.4, -0.2) is 18.8 Å². The number of anilines is 1. The van der Waals surface area contributed by atoms with Crippen molar-refractivity contribution in [1.82, 2.24) is 0 Å². The summed E-state index contributed by atoms with van der Waals surface area (Å²) in [4.78, 5) is 14.4. The summed E-state index contributed by atoms with van der Waals surface area (Å²) in [5.74, 6) is 2.76. The molecular formula is C22H18ClNO3S. The van der Waals surface area contributed by atoms with Crippen LogP contribution in [0.1, 0.15) is 10.9 Å². The number of hydrogen-bond donors (Lipinski definition) is 0. The van der Waals surface area contributed by atoms with Crippen molar-refractivity contribution in [2.75, 3.05) is 17.8 Å². The SMILES string of the molecule is COc1ccc([C@H]2SCC(=O)N2c2ccc(Oc3ccc(Cl)cc3)cc2)cc1. The predicted molar refractivity (Wildman–Crippen MR) is 114 cm³/mol. The molecule has 1 heterocycles. The largest absolute Gasteiger partial charge is 0.497 e. The van der Waals surface area contributed by atoms with Gasteiger partial charge in [-0.2, -0.15) is 0 Å². The van der Waals surface area contributed by atoms with Crippen molar-refractivity contribution >= 4 is 35.0 Å². The Labute approximate surface area is 173 Å². The molecule has 3 aromatic rings. The maximum atomic E-state index is 12.5. The molecular weight excluding hydrogens is 394 g/mol. The maximum absolute atomic E-state index is 12.5. The van der Waals surface area contributed by atoms with Crippen molar-refractivity contribution in [1.29, 1.82) is 0 Å². The van der Waals surface area contributed by atoms with Gasteiger partial charge in [-0.25, -0.2) is 0 Å². The average Bonchev–Trinajstić information content (AvgIpc) is 3.12. The first-order chi connectivity index (χ1) is 13.6. The first-order valence-corrected chi connectivity index (χ1v) is 10.2. The van der Waals surface area contributed by atoms with Crippen LogP contribution < -0.4 is 14.4 Å².